The Morgan fingerprint density at radius 2 is 1.91 bits per heavy atom. The van der Waals surface area contributed by atoms with Crippen LogP contribution in [0.3, 0.4) is 0 Å². The fourth-order valence-corrected chi connectivity index (χ4v) is 2.39. The van der Waals surface area contributed by atoms with Crippen molar-refractivity contribution in [1.29, 1.82) is 0 Å². The van der Waals surface area contributed by atoms with Crippen LogP contribution < -0.4 is 10.1 Å². The highest BCUT2D eigenvalue weighted by Gasteiger charge is 2.16. The van der Waals surface area contributed by atoms with Crippen molar-refractivity contribution in [3.63, 3.8) is 0 Å². The molecule has 0 spiro atoms. The molecule has 0 saturated carbocycles. The number of amides is 1. The highest BCUT2D eigenvalue weighted by Crippen LogP contribution is 2.21. The summed E-state index contributed by atoms with van der Waals surface area (Å²) in [4.78, 5) is 16.7. The molecule has 23 heavy (non-hydrogen) atoms. The van der Waals surface area contributed by atoms with Gasteiger partial charge in [0.05, 0.1) is 11.2 Å². The van der Waals surface area contributed by atoms with Crippen molar-refractivity contribution >= 4 is 22.5 Å². The third-order valence-electron chi connectivity index (χ3n) is 3.56. The van der Waals surface area contributed by atoms with Crippen LogP contribution in [0.25, 0.3) is 10.9 Å². The van der Waals surface area contributed by atoms with Gasteiger partial charge in [-0.3, -0.25) is 9.78 Å². The van der Waals surface area contributed by atoms with Gasteiger partial charge in [-0.2, -0.15) is 0 Å². The molecule has 4 nitrogen and oxygen atoms in total. The molecule has 0 fully saturated rings. The smallest absolute Gasteiger partial charge is 0.265 e. The first-order valence-corrected chi connectivity index (χ1v) is 7.51. The number of para-hydroxylation sites is 1. The predicted octanol–water partition coefficient (Wildman–Crippen LogP) is 3.95. The quantitative estimate of drug-likeness (QED) is 0.794. The number of aryl methyl sites for hydroxylation is 1. The molecule has 0 bridgehead atoms. The molecule has 3 aromatic rings. The number of rotatable bonds is 4. The lowest BCUT2D eigenvalue weighted by molar-refractivity contribution is -0.122. The van der Waals surface area contributed by atoms with Crippen LogP contribution in [0.4, 0.5) is 5.69 Å². The average molecular weight is 306 g/mol. The van der Waals surface area contributed by atoms with E-state index in [1.54, 1.807) is 13.1 Å². The number of aromatic nitrogens is 1. The van der Waals surface area contributed by atoms with E-state index in [1.807, 2.05) is 61.5 Å². The molecule has 0 aliphatic heterocycles. The van der Waals surface area contributed by atoms with Crippen LogP contribution in [-0.4, -0.2) is 17.0 Å². The van der Waals surface area contributed by atoms with Crippen molar-refractivity contribution < 1.29 is 9.53 Å². The van der Waals surface area contributed by atoms with Gasteiger partial charge >= 0.3 is 0 Å². The van der Waals surface area contributed by atoms with Crippen LogP contribution in [0, 0.1) is 6.92 Å². The molecule has 0 saturated heterocycles. The second-order valence-electron chi connectivity index (χ2n) is 5.45. The van der Waals surface area contributed by atoms with Crippen LogP contribution in [0.15, 0.2) is 60.8 Å². The minimum Gasteiger partial charge on any atom is -0.481 e. The van der Waals surface area contributed by atoms with Crippen molar-refractivity contribution in [2.24, 2.45) is 0 Å². The second-order valence-corrected chi connectivity index (χ2v) is 5.45. The Morgan fingerprint density at radius 3 is 2.74 bits per heavy atom. The summed E-state index contributed by atoms with van der Waals surface area (Å²) in [6.45, 7) is 3.72. The third kappa shape index (κ3) is 3.48. The zero-order chi connectivity index (χ0) is 16.2. The highest BCUT2D eigenvalue weighted by atomic mass is 16.5. The molecule has 1 N–H and O–H groups in total. The Bertz CT molecular complexity index is 840. The molecule has 1 amide bonds. The molecule has 3 rings (SSSR count). The maximum atomic E-state index is 12.4. The summed E-state index contributed by atoms with van der Waals surface area (Å²) in [5, 5.41) is 3.88. The number of fused-ring (bicyclic) bond motifs is 1. The molecule has 1 atom stereocenters. The first-order valence-electron chi connectivity index (χ1n) is 7.51. The van der Waals surface area contributed by atoms with Crippen LogP contribution in [0.2, 0.25) is 0 Å². The molecule has 2 aromatic carbocycles. The summed E-state index contributed by atoms with van der Waals surface area (Å²) in [6.07, 6.45) is 1.11. The fraction of sp³-hybridized carbons (Fsp3) is 0.158. The van der Waals surface area contributed by atoms with Crippen LogP contribution in [-0.2, 0) is 4.79 Å². The van der Waals surface area contributed by atoms with Crippen LogP contribution in [0.1, 0.15) is 12.5 Å². The van der Waals surface area contributed by atoms with Gasteiger partial charge in [0.15, 0.2) is 6.10 Å². The van der Waals surface area contributed by atoms with Gasteiger partial charge in [-0.25, -0.2) is 0 Å². The first kappa shape index (κ1) is 15.0. The number of ether oxygens (including phenoxy) is 1. The van der Waals surface area contributed by atoms with Gasteiger partial charge in [0.1, 0.15) is 5.75 Å². The van der Waals surface area contributed by atoms with E-state index in [-0.39, 0.29) is 5.91 Å². The third-order valence-corrected chi connectivity index (χ3v) is 3.56. The normalized spacial score (nSPS) is 11.9. The minimum atomic E-state index is -0.601. The van der Waals surface area contributed by atoms with E-state index >= 15 is 0 Å². The van der Waals surface area contributed by atoms with Gasteiger partial charge in [0.25, 0.3) is 5.91 Å². The zero-order valence-corrected chi connectivity index (χ0v) is 13.1. The lowest BCUT2D eigenvalue weighted by Gasteiger charge is -2.15. The SMILES string of the molecule is Cc1cccc(OC(C)C(=O)Nc2cccc3cccnc23)c1. The molecule has 1 heterocycles. The summed E-state index contributed by atoms with van der Waals surface area (Å²) >= 11 is 0. The van der Waals surface area contributed by atoms with Gasteiger partial charge < -0.3 is 10.1 Å². The number of anilines is 1. The number of hydrogen-bond donors (Lipinski definition) is 1. The largest absolute Gasteiger partial charge is 0.481 e. The van der Waals surface area contributed by atoms with Crippen LogP contribution >= 0.6 is 0 Å². The van der Waals surface area contributed by atoms with E-state index in [4.69, 9.17) is 4.74 Å². The first-order chi connectivity index (χ1) is 11.1. The van der Waals surface area contributed by atoms with Crippen molar-refractivity contribution in [2.75, 3.05) is 5.32 Å². The number of pyridine rings is 1. The van der Waals surface area contributed by atoms with E-state index in [1.165, 1.54) is 0 Å². The Hall–Kier alpha value is -2.88. The fourth-order valence-electron chi connectivity index (χ4n) is 2.39. The van der Waals surface area contributed by atoms with E-state index in [2.05, 4.69) is 10.3 Å². The van der Waals surface area contributed by atoms with Gasteiger partial charge in [0.2, 0.25) is 0 Å². The Balaban J connectivity index is 1.75. The number of nitrogens with one attached hydrogen (secondary N) is 1. The standard InChI is InChI=1S/C19H18N2O2/c1-13-6-3-9-16(12-13)23-14(2)19(22)21-17-10-4-7-15-8-5-11-20-18(15)17/h3-12,14H,1-2H3,(H,21,22). The minimum absolute atomic E-state index is 0.204. The second kappa shape index (κ2) is 6.48. The molecule has 1 aromatic heterocycles. The Morgan fingerprint density at radius 1 is 1.13 bits per heavy atom. The van der Waals surface area contributed by atoms with Crippen molar-refractivity contribution in [3.8, 4) is 5.75 Å². The molecule has 0 aliphatic rings. The molecule has 1 unspecified atom stereocenters. The summed E-state index contributed by atoms with van der Waals surface area (Å²) in [6, 6.07) is 17.2. The molecular weight excluding hydrogens is 288 g/mol. The molecule has 4 heteroatoms. The van der Waals surface area contributed by atoms with Crippen LogP contribution in [0.5, 0.6) is 5.75 Å². The highest BCUT2D eigenvalue weighted by molar-refractivity contribution is 6.01. The van der Waals surface area contributed by atoms with E-state index in [0.29, 0.717) is 11.4 Å². The van der Waals surface area contributed by atoms with Crippen molar-refractivity contribution in [2.45, 2.75) is 20.0 Å². The average Bonchev–Trinajstić information content (AvgIpc) is 2.55. The summed E-state index contributed by atoms with van der Waals surface area (Å²) in [5.74, 6) is 0.480. The number of benzene rings is 2. The number of hydrogen-bond acceptors (Lipinski definition) is 3. The maximum absolute atomic E-state index is 12.4. The van der Waals surface area contributed by atoms with Gasteiger partial charge in [-0.1, -0.05) is 30.3 Å². The van der Waals surface area contributed by atoms with Gasteiger partial charge in [-0.15, -0.1) is 0 Å². The van der Waals surface area contributed by atoms with Gasteiger partial charge in [-0.05, 0) is 43.7 Å². The zero-order valence-electron chi connectivity index (χ0n) is 13.1. The molecule has 0 aliphatic carbocycles. The molecule has 0 radical (unpaired) electrons. The predicted molar refractivity (Wildman–Crippen MR) is 91.6 cm³/mol. The summed E-state index contributed by atoms with van der Waals surface area (Å²) in [7, 11) is 0. The molecule has 116 valence electrons. The maximum Gasteiger partial charge on any atom is 0.265 e. The lowest BCUT2D eigenvalue weighted by atomic mass is 10.2. The van der Waals surface area contributed by atoms with E-state index < -0.39 is 6.10 Å². The summed E-state index contributed by atoms with van der Waals surface area (Å²) in [5.41, 5.74) is 2.55. The van der Waals surface area contributed by atoms with E-state index in [9.17, 15) is 4.79 Å². The van der Waals surface area contributed by atoms with E-state index in [0.717, 1.165) is 16.5 Å². The Kier molecular flexibility index (Phi) is 4.24. The van der Waals surface area contributed by atoms with Gasteiger partial charge in [0, 0.05) is 11.6 Å². The monoisotopic (exact) mass is 306 g/mol. The van der Waals surface area contributed by atoms with Crippen molar-refractivity contribution in [3.05, 3.63) is 66.4 Å². The topological polar surface area (TPSA) is 51.2 Å². The number of carbonyl (C=O) groups is 1. The number of carbonyl (C=O) groups excluding carboxylic acids is 1. The lowest BCUT2D eigenvalue weighted by Crippen LogP contribution is -2.30. The Labute approximate surface area is 135 Å². The molecular formula is C19H18N2O2. The number of nitrogens with zero attached hydrogens (tertiary/aromatic N) is 1. The van der Waals surface area contributed by atoms with Crippen molar-refractivity contribution in [1.82, 2.24) is 4.98 Å². The summed E-state index contributed by atoms with van der Waals surface area (Å²) < 4.78 is 5.71.